The van der Waals surface area contributed by atoms with Crippen molar-refractivity contribution in [2.24, 2.45) is 5.73 Å². The van der Waals surface area contributed by atoms with Crippen LogP contribution in [-0.2, 0) is 51.1 Å². The van der Waals surface area contributed by atoms with Crippen LogP contribution in [0.5, 0.6) is 5.75 Å². The van der Waals surface area contributed by atoms with Crippen molar-refractivity contribution < 1.29 is 58.4 Å². The first kappa shape index (κ1) is 46.1. The number of hydrogen-bond donors (Lipinski definition) is 10. The summed E-state index contributed by atoms with van der Waals surface area (Å²) in [5.41, 5.74) is 6.25. The van der Waals surface area contributed by atoms with E-state index >= 15 is 0 Å². The first-order chi connectivity index (χ1) is 27.7. The van der Waals surface area contributed by atoms with E-state index in [1.165, 1.54) is 24.3 Å². The van der Waals surface area contributed by atoms with Crippen LogP contribution < -0.4 is 37.6 Å². The van der Waals surface area contributed by atoms with Gasteiger partial charge in [0.15, 0.2) is 0 Å². The number of cyclic esters (lactones) is 1. The Hall–Kier alpha value is -6.24. The molecule has 0 saturated carbocycles. The topological polar surface area (TPSA) is 305 Å². The summed E-state index contributed by atoms with van der Waals surface area (Å²) in [6.45, 7) is 1.01. The number of aliphatic hydroxyl groups excluding tert-OH is 1. The van der Waals surface area contributed by atoms with Crippen LogP contribution in [0.3, 0.4) is 0 Å². The minimum atomic E-state index is -1.78. The van der Waals surface area contributed by atoms with Crippen LogP contribution in [0.1, 0.15) is 69.4 Å². The maximum absolute atomic E-state index is 14.1. The smallest absolute Gasteiger partial charge is 0.329 e. The Kier molecular flexibility index (Phi) is 18.9. The molecule has 19 heteroatoms. The molecule has 316 valence electrons. The summed E-state index contributed by atoms with van der Waals surface area (Å²) in [4.78, 5) is 106. The summed E-state index contributed by atoms with van der Waals surface area (Å²) in [6.07, 6.45) is -0.823. The van der Waals surface area contributed by atoms with Gasteiger partial charge in [0, 0.05) is 19.4 Å². The van der Waals surface area contributed by atoms with E-state index in [1.54, 1.807) is 30.3 Å². The Bertz CT molecular complexity index is 1730. The van der Waals surface area contributed by atoms with Crippen LogP contribution in [-0.4, -0.2) is 112 Å². The fraction of sp³-hybridized carbons (Fsp3) is 0.487. The second-order valence-corrected chi connectivity index (χ2v) is 13.9. The number of unbranched alkanes of at least 4 members (excludes halogenated alkanes) is 2. The number of carboxylic acids is 1. The van der Waals surface area contributed by atoms with E-state index < -0.39 is 103 Å². The molecule has 58 heavy (non-hydrogen) atoms. The average molecular weight is 812 g/mol. The van der Waals surface area contributed by atoms with Crippen LogP contribution in [0.25, 0.3) is 0 Å². The Morgan fingerprint density at radius 3 is 1.84 bits per heavy atom. The standard InChI is InChI=1S/C39H53N7O12/c1-2-3-5-11-26-20-32(49)42-31(22-47)37(55)45-28(18-23-9-6-4-7-10-23)36(54)44-29(19-24-13-15-25(48)16-14-24)35(53)43-27(12-8-17-41-39(40)57)34(52)46-30(21-33(50)51)38(56)58-26/h4,6-7,9-10,13-16,26-31,47-48H,2-3,5,8,11-12,17-22H2,1H3,(H,42,49)(H,43,53)(H,44,54)(H,45,55)(H,46,52)(H,50,51)(H3,40,41,57)/t26?,27-,28?,29+,30?,31+/m1/s1. The van der Waals surface area contributed by atoms with Gasteiger partial charge in [-0.3, -0.25) is 28.8 Å². The number of aromatic hydroxyl groups is 1. The largest absolute Gasteiger partial charge is 0.508 e. The molecule has 2 aromatic carbocycles. The number of primary amides is 1. The SMILES string of the molecule is CCCCCC1CC(=O)N[C@@H](CO)C(=O)NC(Cc2ccccc2)C(=O)N[C@@H](Cc2ccc(O)cc2)C(=O)N[C@H](CCCNC(N)=O)C(=O)NC(CC(=O)O)C(=O)O1. The maximum atomic E-state index is 14.1. The van der Waals surface area contributed by atoms with Crippen molar-refractivity contribution in [2.75, 3.05) is 13.2 Å². The highest BCUT2D eigenvalue weighted by Gasteiger charge is 2.35. The molecule has 0 spiro atoms. The quantitative estimate of drug-likeness (QED) is 0.0798. The minimum Gasteiger partial charge on any atom is -0.508 e. The number of carbonyl (C=O) groups excluding carboxylic acids is 7. The molecular weight excluding hydrogens is 758 g/mol. The molecule has 1 saturated heterocycles. The average Bonchev–Trinajstić information content (AvgIpc) is 3.17. The van der Waals surface area contributed by atoms with Crippen LogP contribution in [0, 0.1) is 0 Å². The van der Waals surface area contributed by atoms with E-state index in [4.69, 9.17) is 10.5 Å². The van der Waals surface area contributed by atoms with Crippen molar-refractivity contribution in [1.29, 1.82) is 0 Å². The first-order valence-corrected chi connectivity index (χ1v) is 19.1. The van der Waals surface area contributed by atoms with E-state index in [9.17, 15) is 53.7 Å². The number of benzene rings is 2. The van der Waals surface area contributed by atoms with Crippen LogP contribution in [0.2, 0.25) is 0 Å². The van der Waals surface area contributed by atoms with Crippen molar-refractivity contribution in [3.05, 3.63) is 65.7 Å². The number of rotatable bonds is 15. The summed E-state index contributed by atoms with van der Waals surface area (Å²) in [5, 5.41) is 44.5. The molecule has 0 bridgehead atoms. The number of aliphatic carboxylic acids is 1. The number of carbonyl (C=O) groups is 8. The zero-order valence-corrected chi connectivity index (χ0v) is 32.2. The third kappa shape index (κ3) is 16.1. The Morgan fingerprint density at radius 2 is 1.28 bits per heavy atom. The summed E-state index contributed by atoms with van der Waals surface area (Å²) in [5.74, 6) is -7.23. The number of nitrogens with two attached hydrogens (primary N) is 1. The van der Waals surface area contributed by atoms with Crippen molar-refractivity contribution in [3.8, 4) is 5.75 Å². The molecular formula is C39H53N7O12. The number of ether oxygens (including phenoxy) is 1. The van der Waals surface area contributed by atoms with Crippen LogP contribution >= 0.6 is 0 Å². The summed E-state index contributed by atoms with van der Waals surface area (Å²) in [6, 6.07) is 5.83. The molecule has 1 aliphatic rings. The number of phenols is 1. The number of amides is 7. The van der Waals surface area contributed by atoms with Gasteiger partial charge in [0.1, 0.15) is 42.1 Å². The van der Waals surface area contributed by atoms with Gasteiger partial charge in [0.2, 0.25) is 29.5 Å². The van der Waals surface area contributed by atoms with Crippen molar-refractivity contribution in [2.45, 2.75) is 107 Å². The Labute approximate surface area is 335 Å². The zero-order chi connectivity index (χ0) is 42.6. The van der Waals surface area contributed by atoms with Gasteiger partial charge in [-0.25, -0.2) is 9.59 Å². The van der Waals surface area contributed by atoms with Crippen molar-refractivity contribution >= 4 is 47.5 Å². The van der Waals surface area contributed by atoms with E-state index in [1.807, 2.05) is 6.92 Å². The lowest BCUT2D eigenvalue weighted by atomic mass is 10.0. The summed E-state index contributed by atoms with van der Waals surface area (Å²) in [7, 11) is 0. The van der Waals surface area contributed by atoms with Gasteiger partial charge in [-0.05, 0) is 48.9 Å². The number of carboxylic acid groups (broad SMARTS) is 1. The van der Waals surface area contributed by atoms with Gasteiger partial charge in [-0.2, -0.15) is 0 Å². The van der Waals surface area contributed by atoms with Gasteiger partial charge in [-0.1, -0.05) is 62.2 Å². The van der Waals surface area contributed by atoms with E-state index in [2.05, 4.69) is 31.9 Å². The molecule has 11 N–H and O–H groups in total. The molecule has 7 amide bonds. The second kappa shape index (κ2) is 23.7. The predicted molar refractivity (Wildman–Crippen MR) is 206 cm³/mol. The number of urea groups is 1. The highest BCUT2D eigenvalue weighted by molar-refractivity contribution is 5.97. The maximum Gasteiger partial charge on any atom is 0.329 e. The fourth-order valence-corrected chi connectivity index (χ4v) is 6.11. The van der Waals surface area contributed by atoms with E-state index in [0.717, 1.165) is 6.42 Å². The number of esters is 1. The van der Waals surface area contributed by atoms with Gasteiger partial charge < -0.3 is 57.7 Å². The third-order valence-electron chi connectivity index (χ3n) is 9.17. The van der Waals surface area contributed by atoms with E-state index in [-0.39, 0.29) is 44.4 Å². The third-order valence-corrected chi connectivity index (χ3v) is 9.17. The lowest BCUT2D eigenvalue weighted by molar-refractivity contribution is -0.157. The molecule has 1 fully saturated rings. The number of hydrogen-bond acceptors (Lipinski definition) is 11. The molecule has 6 atom stereocenters. The second-order valence-electron chi connectivity index (χ2n) is 13.9. The molecule has 19 nitrogen and oxygen atoms in total. The van der Waals surface area contributed by atoms with Crippen LogP contribution in [0.15, 0.2) is 54.6 Å². The molecule has 1 aliphatic heterocycles. The Morgan fingerprint density at radius 1 is 0.724 bits per heavy atom. The van der Waals surface area contributed by atoms with Gasteiger partial charge in [0.05, 0.1) is 19.4 Å². The molecule has 3 rings (SSSR count). The van der Waals surface area contributed by atoms with Gasteiger partial charge in [0.25, 0.3) is 0 Å². The predicted octanol–water partition coefficient (Wildman–Crippen LogP) is -0.587. The zero-order valence-electron chi connectivity index (χ0n) is 32.2. The summed E-state index contributed by atoms with van der Waals surface area (Å²) < 4.78 is 5.60. The minimum absolute atomic E-state index is 0.0273. The van der Waals surface area contributed by atoms with Gasteiger partial charge in [-0.15, -0.1) is 0 Å². The molecule has 3 unspecified atom stereocenters. The number of nitrogens with one attached hydrogen (secondary N) is 6. The molecule has 0 radical (unpaired) electrons. The normalized spacial score (nSPS) is 22.7. The first-order valence-electron chi connectivity index (χ1n) is 19.1. The fourth-order valence-electron chi connectivity index (χ4n) is 6.11. The van der Waals surface area contributed by atoms with Crippen molar-refractivity contribution in [1.82, 2.24) is 31.9 Å². The Balaban J connectivity index is 2.11. The van der Waals surface area contributed by atoms with Gasteiger partial charge >= 0.3 is 18.0 Å². The monoisotopic (exact) mass is 811 g/mol. The lowest BCUT2D eigenvalue weighted by Crippen LogP contribution is -2.60. The van der Waals surface area contributed by atoms with Crippen LogP contribution in [0.4, 0.5) is 4.79 Å². The highest BCUT2D eigenvalue weighted by atomic mass is 16.5. The molecule has 1 heterocycles. The molecule has 0 aromatic heterocycles. The summed E-state index contributed by atoms with van der Waals surface area (Å²) >= 11 is 0. The number of phenolic OH excluding ortho intramolecular Hbond substituents is 1. The van der Waals surface area contributed by atoms with E-state index in [0.29, 0.717) is 24.0 Å². The highest BCUT2D eigenvalue weighted by Crippen LogP contribution is 2.15. The van der Waals surface area contributed by atoms with Crippen molar-refractivity contribution in [3.63, 3.8) is 0 Å². The molecule has 2 aromatic rings. The lowest BCUT2D eigenvalue weighted by Gasteiger charge is -2.27. The molecule has 0 aliphatic carbocycles. The number of aliphatic hydroxyl groups is 1.